The Labute approximate surface area is 591 Å². The van der Waals surface area contributed by atoms with Gasteiger partial charge in [-0.05, 0) is 0 Å². The van der Waals surface area contributed by atoms with Crippen LogP contribution in [-0.4, -0.2) is 146 Å². The second-order valence-electron chi connectivity index (χ2n) is 10.4. The Morgan fingerprint density at radius 1 is 0.312 bits per heavy atom. The average Bonchev–Trinajstić information content (AvgIpc) is 3.04. The SMILES string of the molecule is NB(B(I)B(I)BBB(I)I)B(I)B(I)B(I)B(I)B(I)B(I)NB(I)B(I)B(I)B(I)B(I)B(I)B(N)B(I)B(I)BBB(I)I.[Na]. The second-order valence-corrected chi connectivity index (χ2v) is 44.4. The van der Waals surface area contributed by atoms with Crippen LogP contribution in [0.3, 0.4) is 0 Å². The summed E-state index contributed by atoms with van der Waals surface area (Å²) in [5.41, 5.74) is 13.9. The van der Waals surface area contributed by atoms with Crippen LogP contribution in [0.1, 0.15) is 0 Å². The third kappa shape index (κ3) is 26.9. The first-order chi connectivity index (χ1) is 21.5. The van der Waals surface area contributed by atoms with E-state index >= 15 is 0 Å². The molecule has 0 saturated heterocycles. The maximum absolute atomic E-state index is 6.94. The Hall–Kier alpha value is 17.0. The summed E-state index contributed by atoms with van der Waals surface area (Å²) < 4.78 is 9.32. The largest absolute Gasteiger partial charge is 0.391 e. The van der Waals surface area contributed by atoms with E-state index in [-0.39, 0.29) is 42.8 Å². The van der Waals surface area contributed by atoms with Gasteiger partial charge in [-0.25, -0.2) is 0 Å². The molecule has 0 spiro atoms. The fraction of sp³-hybridized carbons (Fsp3) is 0. The molecule has 0 heterocycles. The molecule has 0 saturated carbocycles. The molecule has 0 atom stereocenters. The van der Waals surface area contributed by atoms with Crippen LogP contribution >= 0.6 is 447 Å². The van der Waals surface area contributed by atoms with E-state index in [1.54, 1.807) is 0 Å². The molecule has 48 heteroatoms. The van der Waals surface area contributed by atoms with Crippen LogP contribution in [-0.2, 0) is 0 Å². The molecule has 0 amide bonds. The van der Waals surface area contributed by atoms with Crippen LogP contribution < -0.4 is 16.4 Å². The third-order valence-corrected chi connectivity index (χ3v) is 49.8. The molecule has 0 fully saturated rings. The molecule has 237 valence electrons. The summed E-state index contributed by atoms with van der Waals surface area (Å²) in [5.74, 6) is 0. The number of hydrogen-bond donors (Lipinski definition) is 3. The molecule has 0 aromatic carbocycles. The quantitative estimate of drug-likeness (QED) is 0.0892. The first-order valence-electron chi connectivity index (χ1n) is 13.6. The van der Waals surface area contributed by atoms with E-state index in [4.69, 9.17) is 11.3 Å². The van der Waals surface area contributed by atoms with Gasteiger partial charge in [-0.3, -0.25) is 0 Å². The number of hydrogen-bond acceptors (Lipinski definition) is 3. The summed E-state index contributed by atoms with van der Waals surface area (Å²) in [6.07, 6.45) is 0. The summed E-state index contributed by atoms with van der Waals surface area (Å²) >= 11 is 53.0. The first kappa shape index (κ1) is 67.1. The molecule has 3 nitrogen and oxygen atoms in total. The molecule has 0 aliphatic heterocycles. The standard InChI is InChI=1S/B24H9I20N3.Na/c25-5(1-3-7(27)28)9(31)21(45)17(39)13(35)11(33)15(37)19(41)23(43)47-24(44)20(42)16(38)12(34)14(36)18(40)22(46)10(32)6(26)2-4-8(29)30;/h1-4,47H,45-46H2;. The minimum atomic E-state index is 0. The van der Waals surface area contributed by atoms with Crippen LogP contribution in [0.4, 0.5) is 0 Å². The Bertz CT molecular complexity index is 782. The van der Waals surface area contributed by atoms with Gasteiger partial charge in [0, 0.05) is 29.6 Å². The van der Waals surface area contributed by atoms with Crippen molar-refractivity contribution in [2.75, 3.05) is 0 Å². The van der Waals surface area contributed by atoms with E-state index < -0.39 is 0 Å². The van der Waals surface area contributed by atoms with Crippen molar-refractivity contribution in [3.63, 3.8) is 0 Å². The zero-order valence-corrected chi connectivity index (χ0v) is 69.7. The zero-order valence-electron chi connectivity index (χ0n) is 24.6. The molecule has 0 aliphatic rings. The Balaban J connectivity index is 0. The van der Waals surface area contributed by atoms with Gasteiger partial charge in [0.15, 0.2) is 74.2 Å². The number of nitrogens with two attached hydrogens (primary N) is 2. The van der Waals surface area contributed by atoms with Crippen molar-refractivity contribution < 1.29 is 0 Å². The van der Waals surface area contributed by atoms with Crippen molar-refractivity contribution in [2.45, 2.75) is 0 Å². The van der Waals surface area contributed by atoms with Crippen molar-refractivity contribution in [1.82, 2.24) is 5.14 Å². The van der Waals surface area contributed by atoms with Gasteiger partial charge in [0.2, 0.25) is 4.63 Å². The molecule has 1 radical (unpaired) electrons. The molecule has 0 aromatic rings. The molecule has 0 aliphatic carbocycles. The van der Waals surface area contributed by atoms with Gasteiger partial charge in [-0.2, -0.15) is 313 Å². The van der Waals surface area contributed by atoms with E-state index in [1.165, 1.54) is 28.2 Å². The smallest absolute Gasteiger partial charge is 0.253 e. The predicted octanol–water partition coefficient (Wildman–Crippen LogP) is 5.45. The molecular formula is H9B24I20N3Na. The molecular weight excluding hydrogens is 2860 g/mol. The monoisotopic (exact) mass is 2880 g/mol. The van der Waals surface area contributed by atoms with E-state index in [2.05, 4.69) is 453 Å². The van der Waals surface area contributed by atoms with Gasteiger partial charge in [-0.1, -0.05) is 0 Å². The van der Waals surface area contributed by atoms with Crippen LogP contribution in [0.2, 0.25) is 0 Å². The van der Waals surface area contributed by atoms with Gasteiger partial charge >= 0.3 is 0 Å². The van der Waals surface area contributed by atoms with Crippen molar-refractivity contribution in [3.8, 4) is 0 Å². The van der Waals surface area contributed by atoms with Crippen molar-refractivity contribution in [2.24, 2.45) is 11.3 Å². The van der Waals surface area contributed by atoms with Crippen molar-refractivity contribution in [1.29, 1.82) is 0 Å². The molecule has 0 unspecified atom stereocenters. The Morgan fingerprint density at radius 2 is 0.542 bits per heavy atom. The van der Waals surface area contributed by atoms with Crippen LogP contribution in [0, 0.1) is 0 Å². The summed E-state index contributed by atoms with van der Waals surface area (Å²) in [5, 5.41) is 4.02. The van der Waals surface area contributed by atoms with E-state index in [0.29, 0.717) is 74.7 Å². The minimum absolute atomic E-state index is 0. The molecule has 5 N–H and O–H groups in total. The molecule has 0 rings (SSSR count). The number of rotatable bonds is 24. The molecule has 48 heavy (non-hydrogen) atoms. The zero-order chi connectivity index (χ0) is 37.1. The van der Waals surface area contributed by atoms with Gasteiger partial charge < -0.3 is 16.4 Å². The topological polar surface area (TPSA) is 64.1 Å². The maximum Gasteiger partial charge on any atom is 0.253 e. The summed E-state index contributed by atoms with van der Waals surface area (Å²) in [6.45, 7) is 0.385. The molecule has 0 bridgehead atoms. The van der Waals surface area contributed by atoms with E-state index in [0.717, 1.165) is 0 Å². The van der Waals surface area contributed by atoms with Gasteiger partial charge in [0.05, 0.1) is 28.2 Å². The Kier molecular flexibility index (Phi) is 52.9. The predicted molar refractivity (Wildman–Crippen MR) is 441 cm³/mol. The van der Waals surface area contributed by atoms with Crippen LogP contribution in [0.25, 0.3) is 0 Å². The fourth-order valence-electron chi connectivity index (χ4n) is 3.86. The van der Waals surface area contributed by atoms with E-state index in [9.17, 15) is 0 Å². The summed E-state index contributed by atoms with van der Waals surface area (Å²) in [4.78, 5) is 0. The van der Waals surface area contributed by atoms with Crippen molar-refractivity contribution >= 4 is 593 Å². The first-order valence-corrected chi connectivity index (χ1v) is 38.5. The van der Waals surface area contributed by atoms with E-state index in [1.807, 2.05) is 0 Å². The fourth-order valence-corrected chi connectivity index (χ4v) is 27.4. The van der Waals surface area contributed by atoms with Gasteiger partial charge in [-0.15, -0.1) is 134 Å². The normalized spacial score (nSPS) is 9.79. The van der Waals surface area contributed by atoms with Crippen molar-refractivity contribution in [3.05, 3.63) is 0 Å². The van der Waals surface area contributed by atoms with Gasteiger partial charge in [0.1, 0.15) is 0 Å². The molecule has 0 aromatic heterocycles. The average molecular weight is 2870 g/mol. The minimum Gasteiger partial charge on any atom is -0.391 e. The third-order valence-electron chi connectivity index (χ3n) is 6.79. The van der Waals surface area contributed by atoms with Gasteiger partial charge in [0.25, 0.3) is 9.19 Å². The summed E-state index contributed by atoms with van der Waals surface area (Å²) in [6, 6.07) is 0. The number of halogens is 20. The van der Waals surface area contributed by atoms with Crippen LogP contribution in [0.5, 0.6) is 0 Å². The van der Waals surface area contributed by atoms with Crippen LogP contribution in [0.15, 0.2) is 0 Å². The maximum atomic E-state index is 6.94. The Morgan fingerprint density at radius 3 is 0.792 bits per heavy atom. The summed E-state index contributed by atoms with van der Waals surface area (Å²) in [7, 11) is 4.97. The number of nitrogens with one attached hydrogen (secondary N) is 1. The second kappa shape index (κ2) is 37.8.